The molecule has 0 radical (unpaired) electrons. The molecule has 3 saturated heterocycles. The summed E-state index contributed by atoms with van der Waals surface area (Å²) >= 11 is 5.17. The van der Waals surface area contributed by atoms with Gasteiger partial charge in [0.15, 0.2) is 35.4 Å². The normalized spacial score (nSPS) is 37.2. The van der Waals surface area contributed by atoms with Crippen LogP contribution in [0.15, 0.2) is 30.0 Å². The standard InChI is InChI=1S/C22H25FN8O12P2S/c1-29-6-28-18-11(20(29)34)8(23)2-30(18)22-16-13(32)9(40-22)3-39-45(37,46)43-15-10(4-38-44(35,36)42-16)41-21(14(15)33)31-7-27-12-17(24)25-5-26-19(12)31/h2,5-7,9-10,13-16,21-22,32-33H,3-4H2,1H3,(H,35,36)(H,37,46)(H2,24,25,26)/t9-,10-,13-,14-,15-,16-,21+,22-,45?/m1/s1. The molecule has 2 bridgehead atoms. The highest BCUT2D eigenvalue weighted by atomic mass is 32.5. The van der Waals surface area contributed by atoms with Gasteiger partial charge in [-0.1, -0.05) is 0 Å². The number of aliphatic hydroxyl groups excluding tert-OH is 2. The van der Waals surface area contributed by atoms with Crippen LogP contribution in [-0.2, 0) is 51.0 Å². The first-order chi connectivity index (χ1) is 21.7. The highest BCUT2D eigenvalue weighted by molar-refractivity contribution is 8.07. The highest BCUT2D eigenvalue weighted by Crippen LogP contribution is 2.54. The monoisotopic (exact) mass is 706 g/mol. The Hall–Kier alpha value is -2.82. The third kappa shape index (κ3) is 5.38. The molecule has 3 fully saturated rings. The fourth-order valence-electron chi connectivity index (χ4n) is 5.54. The van der Waals surface area contributed by atoms with Gasteiger partial charge in [-0.3, -0.25) is 22.9 Å². The maximum absolute atomic E-state index is 14.9. The molecule has 6 N–H and O–H groups in total. The number of nitrogens with two attached hydrogens (primary N) is 1. The number of hydrogen-bond donors (Lipinski definition) is 5. The van der Waals surface area contributed by atoms with Crippen molar-refractivity contribution in [3.05, 3.63) is 41.3 Å². The van der Waals surface area contributed by atoms with Gasteiger partial charge in [-0.05, 0) is 11.8 Å². The number of imidazole rings is 1. The fraction of sp³-hybridized carbons (Fsp3) is 0.500. The van der Waals surface area contributed by atoms with E-state index in [0.29, 0.717) is 0 Å². The van der Waals surface area contributed by atoms with Crippen molar-refractivity contribution in [2.24, 2.45) is 7.05 Å². The molecule has 10 atom stereocenters. The Bertz CT molecular complexity index is 2000. The van der Waals surface area contributed by atoms with Crippen molar-refractivity contribution >= 4 is 54.4 Å². The number of aliphatic hydroxyl groups is 2. The lowest BCUT2D eigenvalue weighted by atomic mass is 10.1. The number of phosphoric acid groups is 1. The van der Waals surface area contributed by atoms with E-state index in [1.165, 1.54) is 24.3 Å². The van der Waals surface area contributed by atoms with Gasteiger partial charge >= 0.3 is 14.5 Å². The van der Waals surface area contributed by atoms with Crippen LogP contribution in [0.25, 0.3) is 22.2 Å². The van der Waals surface area contributed by atoms with Crippen LogP contribution in [0.5, 0.6) is 0 Å². The molecule has 0 aliphatic carbocycles. The summed E-state index contributed by atoms with van der Waals surface area (Å²) in [5.41, 5.74) is 5.31. The van der Waals surface area contributed by atoms with Gasteiger partial charge in [-0.25, -0.2) is 28.9 Å². The van der Waals surface area contributed by atoms with Gasteiger partial charge in [-0.15, -0.1) is 0 Å². The van der Waals surface area contributed by atoms with Crippen molar-refractivity contribution in [1.82, 2.24) is 33.6 Å². The molecule has 248 valence electrons. The Balaban J connectivity index is 1.21. The molecular weight excluding hydrogens is 681 g/mol. The zero-order valence-electron chi connectivity index (χ0n) is 23.3. The van der Waals surface area contributed by atoms with Crippen LogP contribution in [-0.4, -0.2) is 103 Å². The molecule has 20 nitrogen and oxygen atoms in total. The average molecular weight is 706 g/mol. The summed E-state index contributed by atoms with van der Waals surface area (Å²) < 4.78 is 64.9. The Kier molecular flexibility index (Phi) is 7.88. The highest BCUT2D eigenvalue weighted by Gasteiger charge is 2.53. The van der Waals surface area contributed by atoms with E-state index in [-0.39, 0.29) is 22.6 Å². The lowest BCUT2D eigenvalue weighted by molar-refractivity contribution is -0.0647. The number of phosphoric ester groups is 1. The number of aryl methyl sites for hydroxylation is 1. The van der Waals surface area contributed by atoms with Crippen molar-refractivity contribution in [3.63, 3.8) is 0 Å². The van der Waals surface area contributed by atoms with E-state index >= 15 is 0 Å². The molecule has 0 aromatic carbocycles. The molecule has 24 heteroatoms. The van der Waals surface area contributed by atoms with Crippen molar-refractivity contribution in [3.8, 4) is 0 Å². The molecular formula is C22H25FN8O12P2S. The maximum Gasteiger partial charge on any atom is 0.472 e. The number of anilines is 1. The van der Waals surface area contributed by atoms with Gasteiger partial charge in [0, 0.05) is 13.2 Å². The first-order valence-corrected chi connectivity index (χ1v) is 17.5. The second-order valence-electron chi connectivity index (χ2n) is 10.6. The minimum Gasteiger partial charge on any atom is -0.387 e. The van der Waals surface area contributed by atoms with Crippen molar-refractivity contribution in [1.29, 1.82) is 0 Å². The van der Waals surface area contributed by atoms with Gasteiger partial charge in [0.2, 0.25) is 0 Å². The zero-order valence-corrected chi connectivity index (χ0v) is 25.9. The van der Waals surface area contributed by atoms with Gasteiger partial charge in [0.25, 0.3) is 5.56 Å². The molecule has 7 heterocycles. The van der Waals surface area contributed by atoms with Gasteiger partial charge < -0.3 is 48.9 Å². The Morgan fingerprint density at radius 3 is 2.48 bits per heavy atom. The minimum absolute atomic E-state index is 0.0576. The van der Waals surface area contributed by atoms with Crippen LogP contribution >= 0.6 is 14.5 Å². The number of ether oxygens (including phenoxy) is 2. The van der Waals surface area contributed by atoms with E-state index < -0.39 is 93.6 Å². The number of aromatic nitrogens is 7. The molecule has 0 spiro atoms. The summed E-state index contributed by atoms with van der Waals surface area (Å²) in [7, 11) is -3.75. The van der Waals surface area contributed by atoms with Crippen molar-refractivity contribution in [2.45, 2.75) is 49.1 Å². The number of rotatable bonds is 2. The molecule has 46 heavy (non-hydrogen) atoms. The SMILES string of the molecule is Cn1cnc2c(c(F)cn2[C@@H]2O[C@@H]3COP(O)(=S)O[C@H]4[C@@H](O)[C@@H](n5cnc6c(N)ncnc65)O[C@@H]4COP(=O)(O)O[C@@H]2[C@@H]3O)c1=O. The smallest absolute Gasteiger partial charge is 0.387 e. The topological polar surface area (TPSA) is 263 Å². The number of halogens is 1. The molecule has 3 aliphatic heterocycles. The van der Waals surface area contributed by atoms with E-state index in [9.17, 15) is 33.7 Å². The minimum atomic E-state index is -5.12. The maximum atomic E-state index is 14.9. The average Bonchev–Trinajstić information content (AvgIpc) is 3.73. The summed E-state index contributed by atoms with van der Waals surface area (Å²) in [6.07, 6.45) is -7.74. The Morgan fingerprint density at radius 2 is 1.70 bits per heavy atom. The van der Waals surface area contributed by atoms with Gasteiger partial charge in [0.05, 0.1) is 25.9 Å². The Labute approximate surface area is 260 Å². The van der Waals surface area contributed by atoms with E-state index in [1.807, 2.05) is 0 Å². The van der Waals surface area contributed by atoms with Crippen LogP contribution in [0.3, 0.4) is 0 Å². The van der Waals surface area contributed by atoms with Crippen LogP contribution in [0.1, 0.15) is 12.5 Å². The molecule has 3 aliphatic rings. The van der Waals surface area contributed by atoms with Crippen LogP contribution in [0, 0.1) is 5.82 Å². The lowest BCUT2D eigenvalue weighted by Gasteiger charge is -2.27. The van der Waals surface area contributed by atoms with E-state index in [0.717, 1.165) is 21.7 Å². The summed E-state index contributed by atoms with van der Waals surface area (Å²) in [5, 5.41) is 21.9. The number of nitrogen functional groups attached to an aromatic ring is 1. The fourth-order valence-corrected chi connectivity index (χ4v) is 7.92. The van der Waals surface area contributed by atoms with Crippen molar-refractivity contribution in [2.75, 3.05) is 18.9 Å². The first kappa shape index (κ1) is 31.8. The molecule has 4 aromatic heterocycles. The summed E-state index contributed by atoms with van der Waals surface area (Å²) in [6.45, 7) is -5.70. The van der Waals surface area contributed by atoms with Gasteiger partial charge in [0.1, 0.15) is 53.9 Å². The third-order valence-electron chi connectivity index (χ3n) is 7.72. The first-order valence-electron chi connectivity index (χ1n) is 13.4. The Morgan fingerprint density at radius 1 is 0.957 bits per heavy atom. The third-order valence-corrected chi connectivity index (χ3v) is 10.3. The molecule has 7 rings (SSSR count). The van der Waals surface area contributed by atoms with Crippen LogP contribution < -0.4 is 11.3 Å². The van der Waals surface area contributed by atoms with E-state index in [2.05, 4.69) is 19.9 Å². The summed E-state index contributed by atoms with van der Waals surface area (Å²) in [4.78, 5) is 50.4. The summed E-state index contributed by atoms with van der Waals surface area (Å²) in [6, 6.07) is 0. The van der Waals surface area contributed by atoms with E-state index in [4.69, 9.17) is 45.1 Å². The zero-order chi connectivity index (χ0) is 32.7. The summed E-state index contributed by atoms with van der Waals surface area (Å²) in [5.74, 6) is -0.920. The predicted molar refractivity (Wildman–Crippen MR) is 152 cm³/mol. The van der Waals surface area contributed by atoms with Crippen LogP contribution in [0.2, 0.25) is 0 Å². The molecule has 0 saturated carbocycles. The number of nitrogens with zero attached hydrogens (tertiary/aromatic N) is 7. The molecule has 2 unspecified atom stereocenters. The molecule has 0 amide bonds. The quantitative estimate of drug-likeness (QED) is 0.156. The second kappa shape index (κ2) is 11.4. The largest absolute Gasteiger partial charge is 0.472 e. The predicted octanol–water partition coefficient (Wildman–Crippen LogP) is -1.05. The van der Waals surface area contributed by atoms with Crippen molar-refractivity contribution < 1.29 is 56.5 Å². The molecule has 4 aromatic rings. The second-order valence-corrected chi connectivity index (χ2v) is 14.8. The van der Waals surface area contributed by atoms with Gasteiger partial charge in [-0.2, -0.15) is 0 Å². The lowest BCUT2D eigenvalue weighted by Crippen LogP contribution is -2.36. The van der Waals surface area contributed by atoms with E-state index in [1.54, 1.807) is 0 Å². The number of fused-ring (bicyclic) bond motifs is 5. The van der Waals surface area contributed by atoms with Crippen LogP contribution in [0.4, 0.5) is 10.2 Å². The number of hydrogen-bond acceptors (Lipinski definition) is 16.